The van der Waals surface area contributed by atoms with E-state index in [-0.39, 0.29) is 12.3 Å². The molecule has 1 amide bonds. The van der Waals surface area contributed by atoms with Crippen molar-refractivity contribution in [2.45, 2.75) is 39.0 Å². The number of hydrazone groups is 1. The van der Waals surface area contributed by atoms with Crippen LogP contribution in [-0.2, 0) is 9.59 Å². The summed E-state index contributed by atoms with van der Waals surface area (Å²) >= 11 is 5.78. The minimum atomic E-state index is -4.80. The van der Waals surface area contributed by atoms with Crippen LogP contribution in [0.5, 0.6) is 0 Å². The number of ketones is 1. The number of Topliss-reactive ketones (excluding diaryl/α,β-unsaturated/α-hetero) is 1. The van der Waals surface area contributed by atoms with Crippen molar-refractivity contribution in [3.8, 4) is 0 Å². The smallest absolute Gasteiger partial charge is 0.384 e. The quantitative estimate of drug-likeness (QED) is 0.585. The molecule has 1 N–H and O–H groups in total. The predicted molar refractivity (Wildman–Crippen MR) is 87.4 cm³/mol. The Hall–Kier alpha value is -1.93. The third-order valence-electron chi connectivity index (χ3n) is 3.20. The van der Waals surface area contributed by atoms with Crippen molar-refractivity contribution < 1.29 is 27.9 Å². The zero-order valence-electron chi connectivity index (χ0n) is 13.7. The molecule has 0 aromatic heterocycles. The molecule has 0 aliphatic rings. The maximum Gasteiger partial charge on any atom is 0.414 e. The Labute approximate surface area is 148 Å². The van der Waals surface area contributed by atoms with Gasteiger partial charge >= 0.3 is 6.18 Å². The normalized spacial score (nSPS) is 13.5. The molecule has 25 heavy (non-hydrogen) atoms. The summed E-state index contributed by atoms with van der Waals surface area (Å²) in [6.45, 7) is 2.46. The number of rotatable bonds is 7. The highest BCUT2D eigenvalue weighted by Gasteiger charge is 2.38. The number of halogens is 4. The molecule has 0 heterocycles. The van der Waals surface area contributed by atoms with Gasteiger partial charge < -0.3 is 5.11 Å². The van der Waals surface area contributed by atoms with Crippen LogP contribution in [-0.4, -0.2) is 46.3 Å². The summed E-state index contributed by atoms with van der Waals surface area (Å²) in [5.74, 6) is -1.16. The van der Waals surface area contributed by atoms with Gasteiger partial charge in [-0.15, -0.1) is 0 Å². The molecule has 5 nitrogen and oxygen atoms in total. The average Bonchev–Trinajstić information content (AvgIpc) is 2.50. The van der Waals surface area contributed by atoms with E-state index in [9.17, 15) is 22.8 Å². The predicted octanol–water partition coefficient (Wildman–Crippen LogP) is 3.19. The second-order valence-corrected chi connectivity index (χ2v) is 5.88. The van der Waals surface area contributed by atoms with Crippen molar-refractivity contribution >= 4 is 29.0 Å². The van der Waals surface area contributed by atoms with Crippen LogP contribution in [0.1, 0.15) is 32.3 Å². The van der Waals surface area contributed by atoms with Crippen LogP contribution in [0.25, 0.3) is 0 Å². The van der Waals surface area contributed by atoms with Crippen molar-refractivity contribution in [1.29, 1.82) is 0 Å². The van der Waals surface area contributed by atoms with Crippen molar-refractivity contribution in [2.75, 3.05) is 6.54 Å². The Morgan fingerprint density at radius 2 is 1.80 bits per heavy atom. The monoisotopic (exact) mass is 378 g/mol. The molecule has 0 fully saturated rings. The number of carbonyl (C=O) groups is 2. The minimum Gasteiger partial charge on any atom is -0.384 e. The minimum absolute atomic E-state index is 0.369. The van der Waals surface area contributed by atoms with Gasteiger partial charge in [0.25, 0.3) is 0 Å². The van der Waals surface area contributed by atoms with Crippen molar-refractivity contribution in [3.05, 3.63) is 34.9 Å². The highest BCUT2D eigenvalue weighted by Crippen LogP contribution is 2.23. The molecule has 0 unspecified atom stereocenters. The summed E-state index contributed by atoms with van der Waals surface area (Å²) in [4.78, 5) is 23.4. The molecular weight excluding hydrogens is 361 g/mol. The van der Waals surface area contributed by atoms with E-state index in [1.807, 2.05) is 0 Å². The molecule has 0 radical (unpaired) electrons. The number of carbonyl (C=O) groups excluding carboxylic acids is 2. The molecule has 0 spiro atoms. The van der Waals surface area contributed by atoms with E-state index in [2.05, 4.69) is 5.10 Å². The van der Waals surface area contributed by atoms with Crippen molar-refractivity contribution in [1.82, 2.24) is 5.01 Å². The SMILES string of the molecule is CC(=O)CN(/N=C(\C)c1ccc(Cl)cc1)C(=O)CC[C@H](O)C(F)(F)F. The molecule has 138 valence electrons. The Morgan fingerprint density at radius 1 is 1.24 bits per heavy atom. The fourth-order valence-electron chi connectivity index (χ4n) is 1.87. The van der Waals surface area contributed by atoms with E-state index in [1.54, 1.807) is 31.2 Å². The molecule has 0 aliphatic heterocycles. The van der Waals surface area contributed by atoms with E-state index in [1.165, 1.54) is 6.92 Å². The van der Waals surface area contributed by atoms with E-state index in [4.69, 9.17) is 16.7 Å². The molecule has 9 heteroatoms. The van der Waals surface area contributed by atoms with Crippen molar-refractivity contribution in [2.24, 2.45) is 5.10 Å². The third kappa shape index (κ3) is 7.23. The largest absolute Gasteiger partial charge is 0.414 e. The fourth-order valence-corrected chi connectivity index (χ4v) is 2.00. The van der Waals surface area contributed by atoms with Crippen LogP contribution >= 0.6 is 11.6 Å². The first-order chi connectivity index (χ1) is 11.5. The summed E-state index contributed by atoms with van der Waals surface area (Å²) in [7, 11) is 0. The molecule has 0 aliphatic carbocycles. The van der Waals surface area contributed by atoms with Crippen LogP contribution in [0.4, 0.5) is 13.2 Å². The van der Waals surface area contributed by atoms with Crippen LogP contribution in [0, 0.1) is 0 Å². The summed E-state index contributed by atoms with van der Waals surface area (Å²) in [6, 6.07) is 6.55. The summed E-state index contributed by atoms with van der Waals surface area (Å²) in [6.07, 6.45) is -8.79. The number of alkyl halides is 3. The lowest BCUT2D eigenvalue weighted by molar-refractivity contribution is -0.205. The van der Waals surface area contributed by atoms with Gasteiger partial charge in [-0.05, 0) is 38.0 Å². The third-order valence-corrected chi connectivity index (χ3v) is 3.45. The van der Waals surface area contributed by atoms with Gasteiger partial charge in [0, 0.05) is 11.4 Å². The molecule has 0 saturated carbocycles. The fraction of sp³-hybridized carbons (Fsp3) is 0.438. The van der Waals surface area contributed by atoms with Crippen LogP contribution in [0.3, 0.4) is 0 Å². The lowest BCUT2D eigenvalue weighted by Gasteiger charge is -2.19. The Kier molecular flexibility index (Phi) is 7.57. The van der Waals surface area contributed by atoms with Crippen LogP contribution < -0.4 is 0 Å². The maximum atomic E-state index is 12.3. The molecule has 1 aromatic carbocycles. The Balaban J connectivity index is 2.88. The molecule has 0 bridgehead atoms. The zero-order chi connectivity index (χ0) is 19.2. The van der Waals surface area contributed by atoms with Crippen molar-refractivity contribution in [3.63, 3.8) is 0 Å². The van der Waals surface area contributed by atoms with Gasteiger partial charge in [0.05, 0.1) is 5.71 Å². The first-order valence-corrected chi connectivity index (χ1v) is 7.74. The molecular formula is C16H18ClF3N2O3. The number of hydrogen-bond donors (Lipinski definition) is 1. The first kappa shape index (κ1) is 21.1. The van der Waals surface area contributed by atoms with E-state index >= 15 is 0 Å². The van der Waals surface area contributed by atoms with E-state index < -0.39 is 31.0 Å². The zero-order valence-corrected chi connectivity index (χ0v) is 14.4. The lowest BCUT2D eigenvalue weighted by Crippen LogP contribution is -2.34. The van der Waals surface area contributed by atoms with Gasteiger partial charge in [-0.1, -0.05) is 23.7 Å². The van der Waals surface area contributed by atoms with Gasteiger partial charge in [-0.3, -0.25) is 9.59 Å². The van der Waals surface area contributed by atoms with Gasteiger partial charge in [-0.2, -0.15) is 18.3 Å². The second-order valence-electron chi connectivity index (χ2n) is 5.44. The standard InChI is InChI=1S/C16H18ClF3N2O3/c1-10(23)9-22(15(25)8-7-14(24)16(18,19)20)21-11(2)12-3-5-13(17)6-4-12/h3-6,14,24H,7-9H2,1-2H3/b21-11+/t14-/m0/s1. The Bertz CT molecular complexity index is 645. The molecule has 1 aromatic rings. The summed E-state index contributed by atoms with van der Waals surface area (Å²) < 4.78 is 36.9. The highest BCUT2D eigenvalue weighted by atomic mass is 35.5. The summed E-state index contributed by atoms with van der Waals surface area (Å²) in [5.41, 5.74) is 1.03. The topological polar surface area (TPSA) is 70.0 Å². The van der Waals surface area contributed by atoms with Gasteiger partial charge in [-0.25, -0.2) is 5.01 Å². The maximum absolute atomic E-state index is 12.3. The highest BCUT2D eigenvalue weighted by molar-refractivity contribution is 6.30. The van der Waals surface area contributed by atoms with Crippen LogP contribution in [0.2, 0.25) is 5.02 Å². The first-order valence-electron chi connectivity index (χ1n) is 7.36. The number of aliphatic hydroxyl groups excluding tert-OH is 1. The second kappa shape index (κ2) is 8.96. The van der Waals surface area contributed by atoms with E-state index in [0.717, 1.165) is 5.01 Å². The molecule has 1 rings (SSSR count). The number of aliphatic hydroxyl groups is 1. The van der Waals surface area contributed by atoms with Gasteiger partial charge in [0.15, 0.2) is 5.78 Å². The number of benzene rings is 1. The number of amides is 1. The van der Waals surface area contributed by atoms with Crippen LogP contribution in [0.15, 0.2) is 29.4 Å². The average molecular weight is 379 g/mol. The van der Waals surface area contributed by atoms with E-state index in [0.29, 0.717) is 16.3 Å². The van der Waals surface area contributed by atoms with Gasteiger partial charge in [0.2, 0.25) is 5.91 Å². The summed E-state index contributed by atoms with van der Waals surface area (Å²) in [5, 5.41) is 14.3. The number of nitrogens with zero attached hydrogens (tertiary/aromatic N) is 2. The lowest BCUT2D eigenvalue weighted by atomic mass is 10.1. The molecule has 1 atom stereocenters. The molecule has 0 saturated heterocycles. The number of hydrogen-bond acceptors (Lipinski definition) is 4. The van der Waals surface area contributed by atoms with Gasteiger partial charge in [0.1, 0.15) is 12.6 Å². The Morgan fingerprint density at radius 3 is 2.28 bits per heavy atom.